The predicted octanol–water partition coefficient (Wildman–Crippen LogP) is 3.75. The number of carbonyl (C=O) groups excluding carboxylic acids is 2. The minimum atomic E-state index is -0.629. The summed E-state index contributed by atoms with van der Waals surface area (Å²) >= 11 is 12.1. The Bertz CT molecular complexity index is 1310. The van der Waals surface area contributed by atoms with Crippen molar-refractivity contribution in [3.63, 3.8) is 0 Å². The lowest BCUT2D eigenvalue weighted by atomic mass is 9.96. The van der Waals surface area contributed by atoms with Gasteiger partial charge in [-0.1, -0.05) is 28.4 Å². The van der Waals surface area contributed by atoms with E-state index in [1.54, 1.807) is 31.0 Å². The standard InChI is InChI=1S/C23H23Cl2N5O5/c1-3-34-19-18(21(31)27-15-10-26-35-12-15)28-20(29(2)23(19)33)14-5-4-8-30(11-14)22(32)13-6-7-16(24)17(25)9-13/h6-7,9-10,12,14H,3-5,8,11H2,1-2H3,(H,27,31). The summed E-state index contributed by atoms with van der Waals surface area (Å²) < 4.78 is 11.6. The summed E-state index contributed by atoms with van der Waals surface area (Å²) in [6.45, 7) is 2.75. The molecule has 1 fully saturated rings. The summed E-state index contributed by atoms with van der Waals surface area (Å²) in [7, 11) is 1.58. The van der Waals surface area contributed by atoms with Gasteiger partial charge in [0.2, 0.25) is 5.75 Å². The Balaban J connectivity index is 1.65. The van der Waals surface area contributed by atoms with Crippen molar-refractivity contribution < 1.29 is 18.8 Å². The van der Waals surface area contributed by atoms with Gasteiger partial charge in [0.05, 0.1) is 22.8 Å². The molecule has 4 rings (SSSR count). The third-order valence-electron chi connectivity index (χ3n) is 5.72. The first-order chi connectivity index (χ1) is 16.8. The van der Waals surface area contributed by atoms with E-state index < -0.39 is 11.5 Å². The molecule has 1 aliphatic heterocycles. The second kappa shape index (κ2) is 10.5. The topological polar surface area (TPSA) is 120 Å². The van der Waals surface area contributed by atoms with E-state index in [1.165, 1.54) is 23.1 Å². The molecule has 1 aromatic carbocycles. The van der Waals surface area contributed by atoms with Crippen LogP contribution in [0.1, 0.15) is 52.4 Å². The van der Waals surface area contributed by atoms with Gasteiger partial charge in [-0.25, -0.2) is 4.98 Å². The number of anilines is 1. The summed E-state index contributed by atoms with van der Waals surface area (Å²) in [5.41, 5.74) is 0.110. The largest absolute Gasteiger partial charge is 0.486 e. The first-order valence-corrected chi connectivity index (χ1v) is 11.7. The number of aromatic nitrogens is 3. The summed E-state index contributed by atoms with van der Waals surface area (Å²) in [6.07, 6.45) is 3.97. The third kappa shape index (κ3) is 5.18. The van der Waals surface area contributed by atoms with E-state index in [0.29, 0.717) is 53.1 Å². The van der Waals surface area contributed by atoms with Crippen LogP contribution in [0.4, 0.5) is 5.69 Å². The van der Waals surface area contributed by atoms with Gasteiger partial charge in [-0.3, -0.25) is 19.0 Å². The molecule has 0 bridgehead atoms. The number of carbonyl (C=O) groups is 2. The van der Waals surface area contributed by atoms with Crippen LogP contribution in [0.15, 0.2) is 40.0 Å². The minimum absolute atomic E-state index is 0.140. The van der Waals surface area contributed by atoms with Gasteiger partial charge in [0.1, 0.15) is 17.8 Å². The Labute approximate surface area is 210 Å². The number of piperidine rings is 1. The van der Waals surface area contributed by atoms with Crippen molar-refractivity contribution in [3.8, 4) is 5.75 Å². The molecule has 0 spiro atoms. The summed E-state index contributed by atoms with van der Waals surface area (Å²) in [6, 6.07) is 4.74. The lowest BCUT2D eigenvalue weighted by Gasteiger charge is -2.33. The highest BCUT2D eigenvalue weighted by atomic mass is 35.5. The molecule has 1 unspecified atom stereocenters. The predicted molar refractivity (Wildman–Crippen MR) is 129 cm³/mol. The van der Waals surface area contributed by atoms with Crippen LogP contribution in [0.2, 0.25) is 10.0 Å². The van der Waals surface area contributed by atoms with Crippen molar-refractivity contribution in [1.82, 2.24) is 19.6 Å². The molecule has 35 heavy (non-hydrogen) atoms. The average molecular weight is 520 g/mol. The molecule has 1 saturated heterocycles. The highest BCUT2D eigenvalue weighted by Crippen LogP contribution is 2.29. The van der Waals surface area contributed by atoms with Crippen molar-refractivity contribution in [2.45, 2.75) is 25.7 Å². The summed E-state index contributed by atoms with van der Waals surface area (Å²) in [4.78, 5) is 45.5. The van der Waals surface area contributed by atoms with Gasteiger partial charge >= 0.3 is 0 Å². The molecule has 0 aliphatic carbocycles. The number of nitrogens with one attached hydrogen (secondary N) is 1. The molecule has 184 valence electrons. The van der Waals surface area contributed by atoms with Crippen LogP contribution < -0.4 is 15.6 Å². The normalized spacial score (nSPS) is 15.7. The van der Waals surface area contributed by atoms with Crippen LogP contribution in [0, 0.1) is 0 Å². The van der Waals surface area contributed by atoms with Crippen LogP contribution >= 0.6 is 23.2 Å². The first-order valence-electron chi connectivity index (χ1n) is 11.0. The molecule has 1 N–H and O–H groups in total. The number of amides is 2. The third-order valence-corrected chi connectivity index (χ3v) is 6.46. The Morgan fingerprint density at radius 1 is 1.29 bits per heavy atom. The van der Waals surface area contributed by atoms with E-state index >= 15 is 0 Å². The molecular formula is C23H23Cl2N5O5. The molecule has 0 radical (unpaired) electrons. The van der Waals surface area contributed by atoms with E-state index in [0.717, 1.165) is 0 Å². The number of halogens is 2. The SMILES string of the molecule is CCOc1c(C(=O)Nc2cnoc2)nc(C2CCCN(C(=O)c3ccc(Cl)c(Cl)c3)C2)n(C)c1=O. The first kappa shape index (κ1) is 24.7. The monoisotopic (exact) mass is 519 g/mol. The molecule has 2 aromatic heterocycles. The molecule has 3 aromatic rings. The second-order valence-corrected chi connectivity index (χ2v) is 8.85. The van der Waals surface area contributed by atoms with Crippen LogP contribution in [0.5, 0.6) is 5.75 Å². The lowest BCUT2D eigenvalue weighted by Crippen LogP contribution is -2.41. The maximum Gasteiger partial charge on any atom is 0.296 e. The van der Waals surface area contributed by atoms with Crippen molar-refractivity contribution in [2.75, 3.05) is 25.0 Å². The fraction of sp³-hybridized carbons (Fsp3) is 0.348. The average Bonchev–Trinajstić information content (AvgIpc) is 3.36. The van der Waals surface area contributed by atoms with Gasteiger partial charge in [0, 0.05) is 31.6 Å². The smallest absolute Gasteiger partial charge is 0.296 e. The Hall–Kier alpha value is -3.37. The van der Waals surface area contributed by atoms with E-state index in [9.17, 15) is 14.4 Å². The molecule has 0 saturated carbocycles. The van der Waals surface area contributed by atoms with E-state index in [1.807, 2.05) is 0 Å². The quantitative estimate of drug-likeness (QED) is 0.526. The van der Waals surface area contributed by atoms with Gasteiger partial charge in [-0.15, -0.1) is 0 Å². The Kier molecular flexibility index (Phi) is 7.42. The van der Waals surface area contributed by atoms with Gasteiger partial charge in [-0.2, -0.15) is 0 Å². The number of nitrogens with zero attached hydrogens (tertiary/aromatic N) is 4. The maximum absolute atomic E-state index is 13.1. The summed E-state index contributed by atoms with van der Waals surface area (Å²) in [5.74, 6) is -0.858. The van der Waals surface area contributed by atoms with Crippen molar-refractivity contribution >= 4 is 40.7 Å². The van der Waals surface area contributed by atoms with Gasteiger partial charge in [0.15, 0.2) is 5.69 Å². The molecule has 12 heteroatoms. The van der Waals surface area contributed by atoms with Crippen LogP contribution in [-0.4, -0.2) is 51.1 Å². The zero-order valence-electron chi connectivity index (χ0n) is 19.1. The van der Waals surface area contributed by atoms with Crippen LogP contribution in [-0.2, 0) is 7.05 Å². The molecule has 10 nitrogen and oxygen atoms in total. The highest BCUT2D eigenvalue weighted by molar-refractivity contribution is 6.42. The maximum atomic E-state index is 13.1. The number of ether oxygens (including phenoxy) is 1. The number of hydrogen-bond acceptors (Lipinski definition) is 7. The molecule has 3 heterocycles. The summed E-state index contributed by atoms with van der Waals surface area (Å²) in [5, 5.41) is 6.81. The van der Waals surface area contributed by atoms with Gasteiger partial charge in [-0.05, 0) is 38.0 Å². The lowest BCUT2D eigenvalue weighted by molar-refractivity contribution is 0.0702. The van der Waals surface area contributed by atoms with E-state index in [4.69, 9.17) is 32.5 Å². The fourth-order valence-corrected chi connectivity index (χ4v) is 4.33. The van der Waals surface area contributed by atoms with Gasteiger partial charge < -0.3 is 19.5 Å². The number of benzene rings is 1. The Morgan fingerprint density at radius 2 is 2.09 bits per heavy atom. The van der Waals surface area contributed by atoms with Crippen LogP contribution in [0.25, 0.3) is 0 Å². The molecule has 1 atom stereocenters. The molecular weight excluding hydrogens is 497 g/mol. The van der Waals surface area contributed by atoms with E-state index in [-0.39, 0.29) is 29.9 Å². The number of rotatable bonds is 6. The van der Waals surface area contributed by atoms with Crippen molar-refractivity contribution in [2.24, 2.45) is 7.05 Å². The fourth-order valence-electron chi connectivity index (χ4n) is 4.03. The van der Waals surface area contributed by atoms with Crippen molar-refractivity contribution in [1.29, 1.82) is 0 Å². The zero-order chi connectivity index (χ0) is 25.1. The Morgan fingerprint density at radius 3 is 2.77 bits per heavy atom. The van der Waals surface area contributed by atoms with E-state index in [2.05, 4.69) is 15.5 Å². The molecule has 2 amide bonds. The zero-order valence-corrected chi connectivity index (χ0v) is 20.6. The highest BCUT2D eigenvalue weighted by Gasteiger charge is 2.31. The number of hydrogen-bond donors (Lipinski definition) is 1. The van der Waals surface area contributed by atoms with Crippen LogP contribution in [0.3, 0.4) is 0 Å². The van der Waals surface area contributed by atoms with Gasteiger partial charge in [0.25, 0.3) is 17.4 Å². The molecule has 1 aliphatic rings. The van der Waals surface area contributed by atoms with Crippen molar-refractivity contribution in [3.05, 3.63) is 68.1 Å². The number of likely N-dealkylation sites (tertiary alicyclic amines) is 1. The minimum Gasteiger partial charge on any atom is -0.486 e. The second-order valence-electron chi connectivity index (χ2n) is 8.03.